The van der Waals surface area contributed by atoms with Crippen molar-refractivity contribution < 1.29 is 14.6 Å². The molecular formula is C19H23NO3. The molecule has 4 nitrogen and oxygen atoms in total. The summed E-state index contributed by atoms with van der Waals surface area (Å²) in [6.45, 7) is 4.43. The van der Waals surface area contributed by atoms with Crippen molar-refractivity contribution in [3.8, 4) is 5.75 Å². The summed E-state index contributed by atoms with van der Waals surface area (Å²) in [6, 6.07) is 14.6. The van der Waals surface area contributed by atoms with Crippen molar-refractivity contribution in [3.05, 3.63) is 65.2 Å². The lowest BCUT2D eigenvalue weighted by Gasteiger charge is -2.13. The summed E-state index contributed by atoms with van der Waals surface area (Å²) in [6.07, 6.45) is 1.09. The minimum atomic E-state index is -0.146. The van der Waals surface area contributed by atoms with Gasteiger partial charge in [0.15, 0.2) is 0 Å². The Hall–Kier alpha value is -2.33. The first-order valence-corrected chi connectivity index (χ1v) is 7.86. The number of benzene rings is 2. The molecule has 1 amide bonds. The molecule has 0 heterocycles. The van der Waals surface area contributed by atoms with Gasteiger partial charge in [-0.1, -0.05) is 31.2 Å². The van der Waals surface area contributed by atoms with E-state index in [1.165, 1.54) is 0 Å². The van der Waals surface area contributed by atoms with Crippen LogP contribution in [0.1, 0.15) is 41.8 Å². The molecule has 0 spiro atoms. The van der Waals surface area contributed by atoms with E-state index in [1.54, 1.807) is 12.1 Å². The van der Waals surface area contributed by atoms with Crippen molar-refractivity contribution >= 4 is 5.91 Å². The molecule has 2 aromatic carbocycles. The summed E-state index contributed by atoms with van der Waals surface area (Å²) in [5.41, 5.74) is 2.33. The van der Waals surface area contributed by atoms with Crippen molar-refractivity contribution in [1.82, 2.24) is 5.32 Å². The number of hydrogen-bond donors (Lipinski definition) is 2. The predicted molar refractivity (Wildman–Crippen MR) is 90.4 cm³/mol. The number of nitrogens with one attached hydrogen (secondary N) is 1. The van der Waals surface area contributed by atoms with Crippen LogP contribution in [0.25, 0.3) is 0 Å². The Morgan fingerprint density at radius 1 is 1.13 bits per heavy atom. The van der Waals surface area contributed by atoms with Gasteiger partial charge in [-0.05, 0) is 48.7 Å². The van der Waals surface area contributed by atoms with Gasteiger partial charge in [0.05, 0.1) is 12.7 Å². The highest BCUT2D eigenvalue weighted by Gasteiger charge is 2.08. The first kappa shape index (κ1) is 17.0. The highest BCUT2D eigenvalue weighted by molar-refractivity contribution is 5.94. The summed E-state index contributed by atoms with van der Waals surface area (Å²) in [4.78, 5) is 12.2. The van der Waals surface area contributed by atoms with Crippen LogP contribution in [0.3, 0.4) is 0 Å². The maximum absolute atomic E-state index is 12.2. The molecule has 4 heteroatoms. The van der Waals surface area contributed by atoms with Gasteiger partial charge in [-0.15, -0.1) is 0 Å². The van der Waals surface area contributed by atoms with Crippen LogP contribution in [0.4, 0.5) is 0 Å². The van der Waals surface area contributed by atoms with E-state index >= 15 is 0 Å². The SMILES string of the molecule is CCC(C)Oc1ccc(C(=O)NCc2ccccc2CO)cc1. The van der Waals surface area contributed by atoms with Crippen LogP contribution in [0, 0.1) is 0 Å². The Morgan fingerprint density at radius 3 is 2.39 bits per heavy atom. The summed E-state index contributed by atoms with van der Waals surface area (Å²) in [7, 11) is 0. The van der Waals surface area contributed by atoms with Gasteiger partial charge in [-0.3, -0.25) is 4.79 Å². The normalized spacial score (nSPS) is 11.8. The Morgan fingerprint density at radius 2 is 1.78 bits per heavy atom. The minimum Gasteiger partial charge on any atom is -0.491 e. The van der Waals surface area contributed by atoms with Crippen LogP contribution in [-0.4, -0.2) is 17.1 Å². The van der Waals surface area contributed by atoms with E-state index < -0.39 is 0 Å². The van der Waals surface area contributed by atoms with Crippen LogP contribution >= 0.6 is 0 Å². The van der Waals surface area contributed by atoms with Crippen LogP contribution in [-0.2, 0) is 13.2 Å². The third-order valence-electron chi connectivity index (χ3n) is 3.76. The van der Waals surface area contributed by atoms with E-state index in [0.717, 1.165) is 23.3 Å². The molecule has 1 atom stereocenters. The molecule has 2 aromatic rings. The third kappa shape index (κ3) is 4.83. The Balaban J connectivity index is 1.95. The average molecular weight is 313 g/mol. The number of carbonyl (C=O) groups excluding carboxylic acids is 1. The van der Waals surface area contributed by atoms with Gasteiger partial charge in [-0.2, -0.15) is 0 Å². The molecule has 23 heavy (non-hydrogen) atoms. The number of aliphatic hydroxyl groups excluding tert-OH is 1. The van der Waals surface area contributed by atoms with Gasteiger partial charge in [0.2, 0.25) is 0 Å². The fourth-order valence-corrected chi connectivity index (χ4v) is 2.16. The molecule has 0 fully saturated rings. The maximum atomic E-state index is 12.2. The molecule has 0 saturated heterocycles. The highest BCUT2D eigenvalue weighted by atomic mass is 16.5. The summed E-state index contributed by atoms with van der Waals surface area (Å²) in [5.74, 6) is 0.620. The predicted octanol–water partition coefficient (Wildman–Crippen LogP) is 3.29. The van der Waals surface area contributed by atoms with Crippen molar-refractivity contribution in [2.45, 2.75) is 39.5 Å². The topological polar surface area (TPSA) is 58.6 Å². The smallest absolute Gasteiger partial charge is 0.251 e. The number of amides is 1. The zero-order chi connectivity index (χ0) is 16.7. The average Bonchev–Trinajstić information content (AvgIpc) is 2.60. The van der Waals surface area contributed by atoms with Crippen LogP contribution in [0.2, 0.25) is 0 Å². The first-order valence-electron chi connectivity index (χ1n) is 7.86. The Bertz CT molecular complexity index is 637. The standard InChI is InChI=1S/C19H23NO3/c1-3-14(2)23-18-10-8-15(9-11-18)19(22)20-12-16-6-4-5-7-17(16)13-21/h4-11,14,21H,3,12-13H2,1-2H3,(H,20,22). The largest absolute Gasteiger partial charge is 0.491 e. The van der Waals surface area contributed by atoms with Crippen LogP contribution in [0.15, 0.2) is 48.5 Å². The highest BCUT2D eigenvalue weighted by Crippen LogP contribution is 2.15. The molecule has 0 bridgehead atoms. The number of aliphatic hydroxyl groups is 1. The van der Waals surface area contributed by atoms with Crippen molar-refractivity contribution in [2.24, 2.45) is 0 Å². The van der Waals surface area contributed by atoms with E-state index in [0.29, 0.717) is 12.1 Å². The molecular weight excluding hydrogens is 290 g/mol. The van der Waals surface area contributed by atoms with E-state index in [9.17, 15) is 9.90 Å². The quantitative estimate of drug-likeness (QED) is 0.824. The number of ether oxygens (including phenoxy) is 1. The fourth-order valence-electron chi connectivity index (χ4n) is 2.16. The lowest BCUT2D eigenvalue weighted by Crippen LogP contribution is -2.23. The molecule has 122 valence electrons. The molecule has 0 aromatic heterocycles. The van der Waals surface area contributed by atoms with Crippen molar-refractivity contribution in [2.75, 3.05) is 0 Å². The van der Waals surface area contributed by atoms with Gasteiger partial charge in [-0.25, -0.2) is 0 Å². The molecule has 0 radical (unpaired) electrons. The van der Waals surface area contributed by atoms with E-state index in [4.69, 9.17) is 4.74 Å². The van der Waals surface area contributed by atoms with Gasteiger partial charge >= 0.3 is 0 Å². The lowest BCUT2D eigenvalue weighted by atomic mass is 10.1. The molecule has 1 unspecified atom stereocenters. The molecule has 2 rings (SSSR count). The van der Waals surface area contributed by atoms with E-state index in [2.05, 4.69) is 12.2 Å². The summed E-state index contributed by atoms with van der Waals surface area (Å²) < 4.78 is 5.70. The van der Waals surface area contributed by atoms with Gasteiger partial charge < -0.3 is 15.2 Å². The van der Waals surface area contributed by atoms with E-state index in [-0.39, 0.29) is 18.6 Å². The zero-order valence-corrected chi connectivity index (χ0v) is 13.6. The third-order valence-corrected chi connectivity index (χ3v) is 3.76. The van der Waals surface area contributed by atoms with Crippen molar-refractivity contribution in [1.29, 1.82) is 0 Å². The molecule has 0 aliphatic rings. The van der Waals surface area contributed by atoms with Crippen molar-refractivity contribution in [3.63, 3.8) is 0 Å². The van der Waals surface area contributed by atoms with Gasteiger partial charge in [0.1, 0.15) is 5.75 Å². The second-order valence-electron chi connectivity index (χ2n) is 5.47. The number of hydrogen-bond acceptors (Lipinski definition) is 3. The minimum absolute atomic E-state index is 0.0340. The van der Waals surface area contributed by atoms with Gasteiger partial charge in [0, 0.05) is 12.1 Å². The molecule has 2 N–H and O–H groups in total. The fraction of sp³-hybridized carbons (Fsp3) is 0.316. The summed E-state index contributed by atoms with van der Waals surface area (Å²) >= 11 is 0. The number of carbonyl (C=O) groups is 1. The molecule has 0 aliphatic carbocycles. The lowest BCUT2D eigenvalue weighted by molar-refractivity contribution is 0.0950. The Labute approximate surface area is 137 Å². The summed E-state index contributed by atoms with van der Waals surface area (Å²) in [5, 5.41) is 12.2. The van der Waals surface area contributed by atoms with Crippen LogP contribution in [0.5, 0.6) is 5.75 Å². The molecule has 0 saturated carbocycles. The maximum Gasteiger partial charge on any atom is 0.251 e. The monoisotopic (exact) mass is 313 g/mol. The zero-order valence-electron chi connectivity index (χ0n) is 13.6. The van der Waals surface area contributed by atoms with E-state index in [1.807, 2.05) is 43.3 Å². The molecule has 0 aliphatic heterocycles. The number of rotatable bonds is 7. The first-order chi connectivity index (χ1) is 11.1. The van der Waals surface area contributed by atoms with Gasteiger partial charge in [0.25, 0.3) is 5.91 Å². The second kappa shape index (κ2) is 8.34. The van der Waals surface area contributed by atoms with Crippen LogP contribution < -0.4 is 10.1 Å². The second-order valence-corrected chi connectivity index (χ2v) is 5.47. The Kier molecular flexibility index (Phi) is 6.18.